The third kappa shape index (κ3) is 6.32. The molecule has 3 unspecified atom stereocenters. The fraction of sp³-hybridized carbons (Fsp3) is 0.548. The Morgan fingerprint density at radius 3 is 2.56 bits per heavy atom. The summed E-state index contributed by atoms with van der Waals surface area (Å²) in [5.41, 5.74) is 1.65. The molecule has 8 nitrogen and oxygen atoms in total. The normalized spacial score (nSPS) is 23.3. The molecular formula is C31H40N4O4. The third-order valence-corrected chi connectivity index (χ3v) is 8.76. The lowest BCUT2D eigenvalue weighted by Crippen LogP contribution is -2.50. The summed E-state index contributed by atoms with van der Waals surface area (Å²) < 4.78 is 5.58. The topological polar surface area (TPSA) is 91.8 Å². The summed E-state index contributed by atoms with van der Waals surface area (Å²) >= 11 is 0. The lowest BCUT2D eigenvalue weighted by molar-refractivity contribution is -0.156. The maximum Gasteiger partial charge on any atom is 0.232 e. The molecule has 1 aromatic heterocycles. The number of para-hydroxylation sites is 1. The van der Waals surface area contributed by atoms with Crippen molar-refractivity contribution < 1.29 is 19.1 Å². The number of imide groups is 1. The summed E-state index contributed by atoms with van der Waals surface area (Å²) in [6, 6.07) is 13.0. The lowest BCUT2D eigenvalue weighted by Gasteiger charge is -2.39. The summed E-state index contributed by atoms with van der Waals surface area (Å²) in [4.78, 5) is 47.4. The van der Waals surface area contributed by atoms with Crippen LogP contribution in [0.25, 0.3) is 0 Å². The fourth-order valence-electron chi connectivity index (χ4n) is 6.56. The van der Waals surface area contributed by atoms with Gasteiger partial charge in [0.2, 0.25) is 17.7 Å². The van der Waals surface area contributed by atoms with Crippen LogP contribution < -0.4 is 10.1 Å². The van der Waals surface area contributed by atoms with Crippen molar-refractivity contribution in [2.24, 2.45) is 17.8 Å². The predicted molar refractivity (Wildman–Crippen MR) is 148 cm³/mol. The minimum absolute atomic E-state index is 0.0102. The molecule has 1 aromatic carbocycles. The van der Waals surface area contributed by atoms with E-state index in [9.17, 15) is 14.4 Å². The molecule has 39 heavy (non-hydrogen) atoms. The number of nitrogens with one attached hydrogen (secondary N) is 1. The van der Waals surface area contributed by atoms with Crippen molar-refractivity contribution in [2.75, 3.05) is 33.3 Å². The predicted octanol–water partition coefficient (Wildman–Crippen LogP) is 3.96. The smallest absolute Gasteiger partial charge is 0.232 e. The lowest BCUT2D eigenvalue weighted by atomic mass is 9.74. The Kier molecular flexibility index (Phi) is 8.91. The summed E-state index contributed by atoms with van der Waals surface area (Å²) in [7, 11) is 1.63. The zero-order chi connectivity index (χ0) is 27.2. The van der Waals surface area contributed by atoms with Crippen molar-refractivity contribution >= 4 is 17.7 Å². The number of aromatic nitrogens is 1. The van der Waals surface area contributed by atoms with E-state index in [1.807, 2.05) is 42.5 Å². The van der Waals surface area contributed by atoms with Crippen molar-refractivity contribution in [1.82, 2.24) is 20.1 Å². The first kappa shape index (κ1) is 27.3. The minimum atomic E-state index is -0.392. The van der Waals surface area contributed by atoms with E-state index in [0.717, 1.165) is 75.8 Å². The molecule has 0 spiro atoms. The van der Waals surface area contributed by atoms with Crippen LogP contribution in [0.3, 0.4) is 0 Å². The molecule has 208 valence electrons. The number of carbonyl (C=O) groups excluding carboxylic acids is 3. The molecule has 3 atom stereocenters. The standard InChI is InChI=1S/C31H40N4O4/c1-39-27-13-5-4-11-25(27)29(26-12-6-7-16-32-26)33-30(37)22-14-19-34(20-15-22)17-8-18-35-28(36)21-23-9-2-3-10-24(23)31(35)38/h4-7,11-13,16,22-24,29H,2-3,8-10,14-15,17-21H2,1H3,(H,33,37). The molecular weight excluding hydrogens is 492 g/mol. The highest BCUT2D eigenvalue weighted by Gasteiger charge is 2.41. The van der Waals surface area contributed by atoms with Crippen LogP contribution in [0.4, 0.5) is 0 Å². The van der Waals surface area contributed by atoms with Gasteiger partial charge < -0.3 is 15.0 Å². The summed E-state index contributed by atoms with van der Waals surface area (Å²) in [6.07, 6.45) is 8.78. The molecule has 2 aliphatic heterocycles. The van der Waals surface area contributed by atoms with E-state index < -0.39 is 6.04 Å². The fourth-order valence-corrected chi connectivity index (χ4v) is 6.56. The molecule has 5 rings (SSSR count). The third-order valence-electron chi connectivity index (χ3n) is 8.76. The summed E-state index contributed by atoms with van der Waals surface area (Å²) in [5, 5.41) is 3.25. The number of pyridine rings is 1. The molecule has 3 aliphatic rings. The van der Waals surface area contributed by atoms with Crippen LogP contribution in [0.1, 0.15) is 68.7 Å². The average Bonchev–Trinajstić information content (AvgIpc) is 2.98. The number of benzene rings is 1. The largest absolute Gasteiger partial charge is 0.496 e. The molecule has 3 fully saturated rings. The van der Waals surface area contributed by atoms with Gasteiger partial charge in [-0.3, -0.25) is 24.3 Å². The summed E-state index contributed by atoms with van der Waals surface area (Å²) in [5.74, 6) is 1.06. The Labute approximate surface area is 231 Å². The highest BCUT2D eigenvalue weighted by Crippen LogP contribution is 2.37. The van der Waals surface area contributed by atoms with Crippen LogP contribution in [-0.4, -0.2) is 65.8 Å². The van der Waals surface area contributed by atoms with Crippen molar-refractivity contribution in [3.8, 4) is 5.75 Å². The van der Waals surface area contributed by atoms with Gasteiger partial charge in [-0.05, 0) is 75.9 Å². The van der Waals surface area contributed by atoms with Crippen LogP contribution in [0.15, 0.2) is 48.7 Å². The monoisotopic (exact) mass is 532 g/mol. The molecule has 2 saturated heterocycles. The molecule has 1 aliphatic carbocycles. The van der Waals surface area contributed by atoms with Crippen LogP contribution in [0.5, 0.6) is 5.75 Å². The van der Waals surface area contributed by atoms with Crippen molar-refractivity contribution in [1.29, 1.82) is 0 Å². The van der Waals surface area contributed by atoms with Crippen molar-refractivity contribution in [2.45, 2.75) is 57.4 Å². The number of fused-ring (bicyclic) bond motifs is 1. The van der Waals surface area contributed by atoms with E-state index in [0.29, 0.717) is 18.7 Å². The Bertz CT molecular complexity index is 1150. The van der Waals surface area contributed by atoms with Gasteiger partial charge in [-0.1, -0.05) is 37.1 Å². The summed E-state index contributed by atoms with van der Waals surface area (Å²) in [6.45, 7) is 2.99. The van der Waals surface area contributed by atoms with Crippen LogP contribution in [0.2, 0.25) is 0 Å². The number of ether oxygens (including phenoxy) is 1. The molecule has 1 saturated carbocycles. The first-order valence-electron chi connectivity index (χ1n) is 14.5. The number of amides is 3. The molecule has 3 heterocycles. The highest BCUT2D eigenvalue weighted by atomic mass is 16.5. The Morgan fingerprint density at radius 1 is 1.03 bits per heavy atom. The van der Waals surface area contributed by atoms with Crippen LogP contribution in [-0.2, 0) is 14.4 Å². The SMILES string of the molecule is COc1ccccc1C(NC(=O)C1CCN(CCCN2C(=O)CC3CCCCC3C2=O)CC1)c1ccccn1. The molecule has 3 amide bonds. The number of piperidine rings is 2. The second-order valence-corrected chi connectivity index (χ2v) is 11.1. The Balaban J connectivity index is 1.12. The van der Waals surface area contributed by atoms with Gasteiger partial charge >= 0.3 is 0 Å². The number of nitrogens with zero attached hydrogens (tertiary/aromatic N) is 3. The van der Waals surface area contributed by atoms with E-state index in [-0.39, 0.29) is 35.5 Å². The van der Waals surface area contributed by atoms with Gasteiger partial charge in [-0.15, -0.1) is 0 Å². The average molecular weight is 533 g/mol. The van der Waals surface area contributed by atoms with E-state index in [1.165, 1.54) is 4.90 Å². The second-order valence-electron chi connectivity index (χ2n) is 11.1. The van der Waals surface area contributed by atoms with E-state index in [4.69, 9.17) is 4.74 Å². The van der Waals surface area contributed by atoms with E-state index >= 15 is 0 Å². The highest BCUT2D eigenvalue weighted by molar-refractivity contribution is 5.99. The number of hydrogen-bond acceptors (Lipinski definition) is 6. The van der Waals surface area contributed by atoms with Gasteiger partial charge in [0, 0.05) is 36.6 Å². The zero-order valence-electron chi connectivity index (χ0n) is 22.9. The molecule has 0 bridgehead atoms. The van der Waals surface area contributed by atoms with Gasteiger partial charge in [0.1, 0.15) is 5.75 Å². The van der Waals surface area contributed by atoms with Crippen LogP contribution >= 0.6 is 0 Å². The van der Waals surface area contributed by atoms with E-state index in [1.54, 1.807) is 13.3 Å². The number of methoxy groups -OCH3 is 1. The first-order chi connectivity index (χ1) is 19.0. The quantitative estimate of drug-likeness (QED) is 0.492. The van der Waals surface area contributed by atoms with Gasteiger partial charge in [-0.2, -0.15) is 0 Å². The van der Waals surface area contributed by atoms with Crippen LogP contribution in [0, 0.1) is 17.8 Å². The number of likely N-dealkylation sites (tertiary alicyclic amines) is 2. The molecule has 1 N–H and O–H groups in total. The Hall–Kier alpha value is -3.26. The van der Waals surface area contributed by atoms with Crippen molar-refractivity contribution in [3.63, 3.8) is 0 Å². The van der Waals surface area contributed by atoms with E-state index in [2.05, 4.69) is 15.2 Å². The maximum atomic E-state index is 13.4. The first-order valence-corrected chi connectivity index (χ1v) is 14.5. The maximum absolute atomic E-state index is 13.4. The molecule has 2 aromatic rings. The Morgan fingerprint density at radius 2 is 1.79 bits per heavy atom. The number of hydrogen-bond donors (Lipinski definition) is 1. The zero-order valence-corrected chi connectivity index (χ0v) is 22.9. The van der Waals surface area contributed by atoms with Gasteiger partial charge in [0.15, 0.2) is 0 Å². The molecule has 0 radical (unpaired) electrons. The van der Waals surface area contributed by atoms with Gasteiger partial charge in [0.25, 0.3) is 0 Å². The van der Waals surface area contributed by atoms with Gasteiger partial charge in [-0.25, -0.2) is 0 Å². The molecule has 8 heteroatoms. The number of carbonyl (C=O) groups is 3. The minimum Gasteiger partial charge on any atom is -0.496 e. The van der Waals surface area contributed by atoms with Crippen molar-refractivity contribution in [3.05, 3.63) is 59.9 Å². The second kappa shape index (κ2) is 12.7. The van der Waals surface area contributed by atoms with Gasteiger partial charge in [0.05, 0.1) is 18.8 Å². The number of rotatable bonds is 9.